The van der Waals surface area contributed by atoms with Gasteiger partial charge in [-0.05, 0) is 32.1 Å². The molecule has 0 amide bonds. The average molecular weight is 947 g/mol. The predicted molar refractivity (Wildman–Crippen MR) is 252 cm³/mol. The molecule has 2 aliphatic rings. The summed E-state index contributed by atoms with van der Waals surface area (Å²) in [5.74, 6) is -0.961. The highest BCUT2D eigenvalue weighted by molar-refractivity contribution is 5.70. The van der Waals surface area contributed by atoms with Crippen molar-refractivity contribution in [1.29, 1.82) is 0 Å². The van der Waals surface area contributed by atoms with E-state index in [2.05, 4.69) is 26.0 Å². The van der Waals surface area contributed by atoms with Crippen molar-refractivity contribution in [2.24, 2.45) is 0 Å². The van der Waals surface area contributed by atoms with E-state index in [-0.39, 0.29) is 26.1 Å². The van der Waals surface area contributed by atoms with Crippen molar-refractivity contribution < 1.29 is 73.8 Å². The molecule has 0 saturated carbocycles. The van der Waals surface area contributed by atoms with E-state index in [9.17, 15) is 45.3 Å². The molecule has 0 aromatic heterocycles. The zero-order chi connectivity index (χ0) is 48.2. The van der Waals surface area contributed by atoms with Gasteiger partial charge >= 0.3 is 11.9 Å². The molecule has 2 rings (SSSR count). The average Bonchev–Trinajstić information content (AvgIpc) is 3.31. The summed E-state index contributed by atoms with van der Waals surface area (Å²) in [5, 5.41) is 71.9. The number of carbonyl (C=O) groups excluding carboxylic acids is 2. The quantitative estimate of drug-likeness (QED) is 0.0180. The van der Waals surface area contributed by atoms with Gasteiger partial charge in [0.1, 0.15) is 55.4 Å². The van der Waals surface area contributed by atoms with Gasteiger partial charge < -0.3 is 64.2 Å². The number of allylic oxidation sites excluding steroid dienone is 2. The Kier molecular flexibility index (Phi) is 35.7. The lowest BCUT2D eigenvalue weighted by Gasteiger charge is -2.42. The maximum atomic E-state index is 12.9. The fourth-order valence-corrected chi connectivity index (χ4v) is 8.40. The molecule has 11 atom stereocenters. The van der Waals surface area contributed by atoms with Gasteiger partial charge in [-0.2, -0.15) is 0 Å². The summed E-state index contributed by atoms with van der Waals surface area (Å²) in [6, 6.07) is 0. The number of unbranched alkanes of at least 4 members (excludes halogenated alkanes) is 25. The fourth-order valence-electron chi connectivity index (χ4n) is 8.40. The van der Waals surface area contributed by atoms with E-state index in [1.807, 2.05) is 0 Å². The molecule has 2 fully saturated rings. The van der Waals surface area contributed by atoms with Gasteiger partial charge in [0.15, 0.2) is 18.7 Å². The van der Waals surface area contributed by atoms with Gasteiger partial charge in [-0.15, -0.1) is 0 Å². The molecule has 4 unspecified atom stereocenters. The SMILES string of the molecule is CCCCCCCCCCCCCCCCCCCC/C=C/CCCC(=O)OC[C@@H](CO[C@@H]1O[C@H](CO[C@@H]2O[C@H](CO)[C@H](O)C(O)C2O)[C@H](O)C(O)C1O)OC(=O)CCCCCCCCC. The highest BCUT2D eigenvalue weighted by atomic mass is 16.7. The smallest absolute Gasteiger partial charge is 0.306 e. The summed E-state index contributed by atoms with van der Waals surface area (Å²) < 4.78 is 33.4. The van der Waals surface area contributed by atoms with Crippen molar-refractivity contribution in [3.8, 4) is 0 Å². The monoisotopic (exact) mass is 947 g/mol. The van der Waals surface area contributed by atoms with E-state index >= 15 is 0 Å². The lowest BCUT2D eigenvalue weighted by Crippen LogP contribution is -2.61. The molecule has 2 aliphatic heterocycles. The van der Waals surface area contributed by atoms with Gasteiger partial charge in [-0.1, -0.05) is 174 Å². The molecule has 0 spiro atoms. The van der Waals surface area contributed by atoms with Gasteiger partial charge in [-0.3, -0.25) is 9.59 Å². The number of hydrogen-bond acceptors (Lipinski definition) is 15. The first-order valence-corrected chi connectivity index (χ1v) is 26.3. The number of hydrogen-bond donors (Lipinski definition) is 7. The van der Waals surface area contributed by atoms with E-state index in [4.69, 9.17) is 28.4 Å². The molecule has 0 radical (unpaired) electrons. The number of rotatable bonds is 41. The van der Waals surface area contributed by atoms with Crippen LogP contribution in [0.1, 0.15) is 206 Å². The number of esters is 2. The van der Waals surface area contributed by atoms with Crippen molar-refractivity contribution in [3.63, 3.8) is 0 Å². The molecule has 66 heavy (non-hydrogen) atoms. The van der Waals surface area contributed by atoms with E-state index in [0.717, 1.165) is 51.4 Å². The standard InChI is InChI=1S/C51H94O15/c1-3-5-7-9-11-12-13-14-15-16-17-18-19-20-21-22-23-24-25-26-28-29-31-33-42(53)61-36-39(64-43(54)34-32-30-27-10-8-6-4-2)37-62-50-49(60)47(58)45(56)41(66-50)38-63-51-48(59)46(57)44(55)40(35-52)65-51/h26,28,39-41,44-52,55-60H,3-25,27,29-38H2,1-2H3/b28-26+/t39-,40+,41+,44-,45-,46?,47?,48?,49?,50+,51+/m0/s1. The van der Waals surface area contributed by atoms with Gasteiger partial charge in [0.05, 0.1) is 19.8 Å². The summed E-state index contributed by atoms with van der Waals surface area (Å²) in [5.41, 5.74) is 0. The largest absolute Gasteiger partial charge is 0.462 e. The van der Waals surface area contributed by atoms with Gasteiger partial charge in [0.25, 0.3) is 0 Å². The molecule has 2 heterocycles. The summed E-state index contributed by atoms with van der Waals surface area (Å²) in [4.78, 5) is 25.6. The Morgan fingerprint density at radius 3 is 1.38 bits per heavy atom. The Balaban J connectivity index is 1.70. The first kappa shape index (κ1) is 60.4. The van der Waals surface area contributed by atoms with Crippen molar-refractivity contribution in [2.75, 3.05) is 26.4 Å². The van der Waals surface area contributed by atoms with Crippen LogP contribution in [0.3, 0.4) is 0 Å². The van der Waals surface area contributed by atoms with Crippen molar-refractivity contribution in [3.05, 3.63) is 12.2 Å². The van der Waals surface area contributed by atoms with E-state index in [1.54, 1.807) is 0 Å². The highest BCUT2D eigenvalue weighted by Gasteiger charge is 2.47. The van der Waals surface area contributed by atoms with Crippen molar-refractivity contribution >= 4 is 11.9 Å². The molecule has 15 nitrogen and oxygen atoms in total. The van der Waals surface area contributed by atoms with Crippen LogP contribution in [0.15, 0.2) is 12.2 Å². The molecule has 0 bridgehead atoms. The first-order valence-electron chi connectivity index (χ1n) is 26.3. The predicted octanol–water partition coefficient (Wildman–Crippen LogP) is 7.38. The van der Waals surface area contributed by atoms with Crippen LogP contribution in [-0.4, -0.2) is 142 Å². The van der Waals surface area contributed by atoms with Crippen LogP contribution in [0.5, 0.6) is 0 Å². The molecule has 2 saturated heterocycles. The van der Waals surface area contributed by atoms with Gasteiger partial charge in [0.2, 0.25) is 0 Å². The summed E-state index contributed by atoms with van der Waals surface area (Å²) >= 11 is 0. The minimum absolute atomic E-state index is 0.162. The third-order valence-electron chi connectivity index (χ3n) is 12.7. The lowest BCUT2D eigenvalue weighted by atomic mass is 9.98. The van der Waals surface area contributed by atoms with Gasteiger partial charge in [-0.25, -0.2) is 0 Å². The second-order valence-electron chi connectivity index (χ2n) is 18.7. The Hall–Kier alpha value is -1.76. The molecule has 0 aliphatic carbocycles. The topological polar surface area (TPSA) is 231 Å². The minimum atomic E-state index is -1.76. The van der Waals surface area contributed by atoms with Crippen molar-refractivity contribution in [1.82, 2.24) is 0 Å². The van der Waals surface area contributed by atoms with E-state index in [1.165, 1.54) is 116 Å². The Bertz CT molecular complexity index is 1210. The summed E-state index contributed by atoms with van der Waals surface area (Å²) in [6.45, 7) is 2.52. The van der Waals surface area contributed by atoms with Crippen LogP contribution in [0.25, 0.3) is 0 Å². The van der Waals surface area contributed by atoms with Crippen molar-refractivity contribution in [2.45, 2.75) is 274 Å². The summed E-state index contributed by atoms with van der Waals surface area (Å²) in [6.07, 6.45) is 21.6. The van der Waals surface area contributed by atoms with E-state index in [0.29, 0.717) is 12.8 Å². The maximum absolute atomic E-state index is 12.9. The second kappa shape index (κ2) is 39.0. The minimum Gasteiger partial charge on any atom is -0.462 e. The van der Waals surface area contributed by atoms with Gasteiger partial charge in [0, 0.05) is 12.8 Å². The Labute approximate surface area is 397 Å². The molecule has 388 valence electrons. The number of carbonyl (C=O) groups is 2. The second-order valence-corrected chi connectivity index (χ2v) is 18.7. The Morgan fingerprint density at radius 1 is 0.470 bits per heavy atom. The first-order chi connectivity index (χ1) is 32.0. The maximum Gasteiger partial charge on any atom is 0.306 e. The molecular formula is C51H94O15. The normalized spacial score (nSPS) is 26.2. The van der Waals surface area contributed by atoms with Crippen LogP contribution in [0.4, 0.5) is 0 Å². The van der Waals surface area contributed by atoms with Crippen LogP contribution in [-0.2, 0) is 38.0 Å². The summed E-state index contributed by atoms with van der Waals surface area (Å²) in [7, 11) is 0. The fraction of sp³-hybridized carbons (Fsp3) is 0.922. The highest BCUT2D eigenvalue weighted by Crippen LogP contribution is 2.26. The number of ether oxygens (including phenoxy) is 6. The molecule has 7 N–H and O–H groups in total. The zero-order valence-electron chi connectivity index (χ0n) is 40.9. The third-order valence-corrected chi connectivity index (χ3v) is 12.7. The molecular weight excluding hydrogens is 853 g/mol. The number of aliphatic hydroxyl groups excluding tert-OH is 7. The molecule has 15 heteroatoms. The van der Waals surface area contributed by atoms with Crippen LogP contribution in [0.2, 0.25) is 0 Å². The third kappa shape index (κ3) is 26.8. The lowest BCUT2D eigenvalue weighted by molar-refractivity contribution is -0.332. The van der Waals surface area contributed by atoms with Crippen LogP contribution < -0.4 is 0 Å². The van der Waals surface area contributed by atoms with Crippen LogP contribution >= 0.6 is 0 Å². The molecule has 0 aromatic carbocycles. The Morgan fingerprint density at radius 2 is 0.879 bits per heavy atom. The molecule has 0 aromatic rings. The van der Waals surface area contributed by atoms with E-state index < -0.39 is 92.7 Å². The zero-order valence-corrected chi connectivity index (χ0v) is 40.9. The number of aliphatic hydroxyl groups is 7. The van der Waals surface area contributed by atoms with Crippen LogP contribution in [0, 0.1) is 0 Å².